The Kier molecular flexibility index (Phi) is 7.82. The average Bonchev–Trinajstić information content (AvgIpc) is 3.15. The number of carbonyl (C=O) groups is 2. The Morgan fingerprint density at radius 2 is 1.77 bits per heavy atom. The molecule has 1 aliphatic rings. The highest BCUT2D eigenvalue weighted by atomic mass is 35.5. The van der Waals surface area contributed by atoms with E-state index in [1.165, 1.54) is 6.07 Å². The van der Waals surface area contributed by atoms with E-state index in [0.29, 0.717) is 37.0 Å². The molecule has 0 spiro atoms. The van der Waals surface area contributed by atoms with Gasteiger partial charge in [-0.05, 0) is 69.4 Å². The topological polar surface area (TPSA) is 75.6 Å². The summed E-state index contributed by atoms with van der Waals surface area (Å²) in [6, 6.07) is 2.17. The number of amides is 1. The predicted molar refractivity (Wildman–Crippen MR) is 125 cm³/mol. The first-order valence-electron chi connectivity index (χ1n) is 10.6. The number of fused-ring (bicyclic) bond motifs is 1. The number of benzene rings is 1. The fourth-order valence-corrected chi connectivity index (χ4v) is 5.46. The summed E-state index contributed by atoms with van der Waals surface area (Å²) in [5.41, 5.74) is -4.59. The Balaban J connectivity index is 1.89. The molecule has 0 fully saturated rings. The number of ketones is 1. The Morgan fingerprint density at radius 3 is 2.31 bits per heavy atom. The van der Waals surface area contributed by atoms with Crippen molar-refractivity contribution in [3.63, 3.8) is 0 Å². The molecular formula is C23H23Cl2F4NO4S. The standard InChI is InChI=1S/C23H23Cl2F4NO4S/c1-21(2,3)34-20(32)30-15-5-4-6-17-12(15)9-18(35-17)16(31)10-22(33,23(27,28)29)11-7-13(24)19(26)14(25)8-11/h7-9,15,33H,4-6,10H2,1-3H3,(H,30,32). The summed E-state index contributed by atoms with van der Waals surface area (Å²) < 4.78 is 60.9. The van der Waals surface area contributed by atoms with Gasteiger partial charge in [-0.2, -0.15) is 13.2 Å². The number of ether oxygens (including phenoxy) is 1. The highest BCUT2D eigenvalue weighted by Gasteiger charge is 2.56. The van der Waals surface area contributed by atoms with Crippen LogP contribution < -0.4 is 5.32 Å². The number of aliphatic hydroxyl groups is 1. The van der Waals surface area contributed by atoms with Crippen LogP contribution in [0.2, 0.25) is 10.0 Å². The van der Waals surface area contributed by atoms with E-state index in [-0.39, 0.29) is 4.88 Å². The van der Waals surface area contributed by atoms with Crippen molar-refractivity contribution in [1.82, 2.24) is 5.32 Å². The number of rotatable bonds is 5. The van der Waals surface area contributed by atoms with Crippen molar-refractivity contribution < 1.29 is 37.0 Å². The van der Waals surface area contributed by atoms with Crippen molar-refractivity contribution in [2.24, 2.45) is 0 Å². The maximum atomic E-state index is 14.0. The number of nitrogens with one attached hydrogen (secondary N) is 1. The molecule has 3 rings (SSSR count). The molecule has 1 heterocycles. The van der Waals surface area contributed by atoms with E-state index in [2.05, 4.69) is 5.32 Å². The van der Waals surface area contributed by atoms with Crippen molar-refractivity contribution in [2.75, 3.05) is 0 Å². The van der Waals surface area contributed by atoms with Gasteiger partial charge in [0.15, 0.2) is 17.2 Å². The molecule has 0 bridgehead atoms. The van der Waals surface area contributed by atoms with Gasteiger partial charge < -0.3 is 15.2 Å². The molecule has 35 heavy (non-hydrogen) atoms. The highest BCUT2D eigenvalue weighted by molar-refractivity contribution is 7.14. The van der Waals surface area contributed by atoms with Gasteiger partial charge in [0.1, 0.15) is 5.60 Å². The third kappa shape index (κ3) is 6.10. The number of Topliss-reactive ketones (excluding diaryl/α,β-unsaturated/α-hetero) is 1. The second-order valence-electron chi connectivity index (χ2n) is 9.29. The summed E-state index contributed by atoms with van der Waals surface area (Å²) in [6.45, 7) is 5.14. The van der Waals surface area contributed by atoms with Gasteiger partial charge >= 0.3 is 12.3 Å². The van der Waals surface area contributed by atoms with Crippen LogP contribution in [-0.4, -0.2) is 28.8 Å². The van der Waals surface area contributed by atoms with Crippen LogP contribution in [0.3, 0.4) is 0 Å². The van der Waals surface area contributed by atoms with E-state index in [9.17, 15) is 32.3 Å². The lowest BCUT2D eigenvalue weighted by Gasteiger charge is -2.30. The van der Waals surface area contributed by atoms with Gasteiger partial charge in [0.05, 0.1) is 27.4 Å². The smallest absolute Gasteiger partial charge is 0.421 e. The lowest BCUT2D eigenvalue weighted by atomic mass is 9.87. The minimum absolute atomic E-state index is 0.00475. The van der Waals surface area contributed by atoms with Crippen LogP contribution >= 0.6 is 34.5 Å². The van der Waals surface area contributed by atoms with Gasteiger partial charge in [-0.3, -0.25) is 4.79 Å². The molecule has 12 heteroatoms. The molecule has 5 nitrogen and oxygen atoms in total. The van der Waals surface area contributed by atoms with Crippen molar-refractivity contribution in [3.05, 3.63) is 54.9 Å². The average molecular weight is 556 g/mol. The first-order chi connectivity index (χ1) is 16.0. The molecule has 0 aliphatic heterocycles. The van der Waals surface area contributed by atoms with E-state index in [0.717, 1.165) is 16.2 Å². The van der Waals surface area contributed by atoms with Crippen molar-refractivity contribution >= 4 is 46.4 Å². The third-order valence-electron chi connectivity index (χ3n) is 5.43. The van der Waals surface area contributed by atoms with Gasteiger partial charge in [0.25, 0.3) is 0 Å². The normalized spacial score (nSPS) is 17.9. The molecule has 1 amide bonds. The minimum Gasteiger partial charge on any atom is -0.444 e. The number of alkyl carbamates (subject to hydrolysis) is 1. The van der Waals surface area contributed by atoms with Crippen LogP contribution in [0.15, 0.2) is 18.2 Å². The summed E-state index contributed by atoms with van der Waals surface area (Å²) in [5, 5.41) is 11.9. The molecule has 2 N–H and O–H groups in total. The lowest BCUT2D eigenvalue weighted by Crippen LogP contribution is -2.44. The molecule has 1 aromatic carbocycles. The van der Waals surface area contributed by atoms with Crippen molar-refractivity contribution in [2.45, 2.75) is 69.9 Å². The van der Waals surface area contributed by atoms with Crippen molar-refractivity contribution in [3.8, 4) is 0 Å². The maximum absolute atomic E-state index is 14.0. The highest BCUT2D eigenvalue weighted by Crippen LogP contribution is 2.45. The number of hydrogen-bond acceptors (Lipinski definition) is 5. The largest absolute Gasteiger partial charge is 0.444 e. The number of thiophene rings is 1. The van der Waals surface area contributed by atoms with Crippen molar-refractivity contribution in [1.29, 1.82) is 0 Å². The Hall–Kier alpha value is -1.88. The fraction of sp³-hybridized carbons (Fsp3) is 0.478. The van der Waals surface area contributed by atoms with E-state index in [4.69, 9.17) is 27.9 Å². The number of alkyl halides is 3. The summed E-state index contributed by atoms with van der Waals surface area (Å²) in [4.78, 5) is 25.9. The van der Waals surface area contributed by atoms with E-state index in [1.807, 2.05) is 0 Å². The molecule has 2 aromatic rings. The summed E-state index contributed by atoms with van der Waals surface area (Å²) >= 11 is 12.3. The SMILES string of the molecule is CC(C)(C)OC(=O)NC1CCCc2sc(C(=O)CC(O)(c3cc(Cl)c(F)c(Cl)c3)C(F)(F)F)cc21. The zero-order valence-electron chi connectivity index (χ0n) is 19.0. The van der Waals surface area contributed by atoms with Gasteiger partial charge in [0.2, 0.25) is 0 Å². The van der Waals surface area contributed by atoms with Crippen LogP contribution in [0.1, 0.15) is 71.8 Å². The van der Waals surface area contributed by atoms with Gasteiger partial charge in [0, 0.05) is 4.88 Å². The molecular weight excluding hydrogens is 533 g/mol. The first-order valence-corrected chi connectivity index (χ1v) is 12.2. The summed E-state index contributed by atoms with van der Waals surface area (Å²) in [5.74, 6) is -2.11. The Labute approximate surface area is 213 Å². The van der Waals surface area contributed by atoms with E-state index < -0.39 is 63.1 Å². The maximum Gasteiger partial charge on any atom is 0.421 e. The van der Waals surface area contributed by atoms with E-state index in [1.54, 1.807) is 20.8 Å². The lowest BCUT2D eigenvalue weighted by molar-refractivity contribution is -0.264. The number of carbonyl (C=O) groups excluding carboxylic acids is 2. The monoisotopic (exact) mass is 555 g/mol. The summed E-state index contributed by atoms with van der Waals surface area (Å²) in [6.07, 6.45) is -5.45. The van der Waals surface area contributed by atoms with Crippen LogP contribution in [-0.2, 0) is 16.8 Å². The summed E-state index contributed by atoms with van der Waals surface area (Å²) in [7, 11) is 0. The molecule has 0 saturated carbocycles. The Morgan fingerprint density at radius 1 is 1.17 bits per heavy atom. The third-order valence-corrected chi connectivity index (χ3v) is 7.23. The van der Waals surface area contributed by atoms with Crippen LogP contribution in [0.5, 0.6) is 0 Å². The zero-order chi connectivity index (χ0) is 26.3. The molecule has 0 radical (unpaired) electrons. The number of hydrogen-bond donors (Lipinski definition) is 2. The first kappa shape index (κ1) is 27.7. The second-order valence-corrected chi connectivity index (χ2v) is 11.2. The molecule has 192 valence electrons. The molecule has 0 saturated heterocycles. The predicted octanol–water partition coefficient (Wildman–Crippen LogP) is 7.12. The second kappa shape index (κ2) is 9.88. The quantitative estimate of drug-likeness (QED) is 0.234. The Bertz CT molecular complexity index is 1120. The molecule has 1 aliphatic carbocycles. The van der Waals surface area contributed by atoms with E-state index >= 15 is 0 Å². The fourth-order valence-electron chi connectivity index (χ4n) is 3.77. The molecule has 2 atom stereocenters. The number of aryl methyl sites for hydroxylation is 1. The van der Waals surface area contributed by atoms with Crippen LogP contribution in [0.25, 0.3) is 0 Å². The van der Waals surface area contributed by atoms with Crippen LogP contribution in [0.4, 0.5) is 22.4 Å². The zero-order valence-corrected chi connectivity index (χ0v) is 21.3. The minimum atomic E-state index is -5.29. The number of halogens is 6. The molecule has 2 unspecified atom stereocenters. The van der Waals surface area contributed by atoms with Gasteiger partial charge in [-0.1, -0.05) is 23.2 Å². The van der Waals surface area contributed by atoms with Crippen LogP contribution in [0, 0.1) is 5.82 Å². The molecule has 1 aromatic heterocycles. The van der Waals surface area contributed by atoms with Gasteiger partial charge in [-0.15, -0.1) is 11.3 Å². The van der Waals surface area contributed by atoms with Gasteiger partial charge in [-0.25, -0.2) is 9.18 Å².